The van der Waals surface area contributed by atoms with E-state index in [0.29, 0.717) is 18.1 Å². The Balaban J connectivity index is 1.47. The third-order valence-electron chi connectivity index (χ3n) is 4.23. The minimum Gasteiger partial charge on any atom is -0.378 e. The Hall–Kier alpha value is -1.89. The van der Waals surface area contributed by atoms with Gasteiger partial charge in [0.05, 0.1) is 12.1 Å². The minimum atomic E-state index is 0.326. The average Bonchev–Trinajstić information content (AvgIpc) is 2.54. The summed E-state index contributed by atoms with van der Waals surface area (Å²) in [5, 5.41) is 0. The summed E-state index contributed by atoms with van der Waals surface area (Å²) in [4.78, 5) is 17.5. The molecule has 2 heterocycles. The molecule has 1 aromatic rings. The van der Waals surface area contributed by atoms with E-state index >= 15 is 0 Å². The SMILES string of the molecule is CCOC1CC(N=C(N)N2CCN(c3ncccn3)CC2)C1. The molecule has 0 spiro atoms. The van der Waals surface area contributed by atoms with Crippen LogP contribution >= 0.6 is 0 Å². The molecule has 0 bridgehead atoms. The van der Waals surface area contributed by atoms with Crippen molar-refractivity contribution >= 4 is 11.9 Å². The van der Waals surface area contributed by atoms with E-state index < -0.39 is 0 Å². The topological polar surface area (TPSA) is 79.9 Å². The van der Waals surface area contributed by atoms with Gasteiger partial charge in [0.25, 0.3) is 0 Å². The number of rotatable bonds is 4. The lowest BCUT2D eigenvalue weighted by molar-refractivity contribution is -0.000955. The first-order valence-electron chi connectivity index (χ1n) is 7.98. The van der Waals surface area contributed by atoms with Crippen molar-refractivity contribution in [1.29, 1.82) is 0 Å². The molecule has 1 aromatic heterocycles. The summed E-state index contributed by atoms with van der Waals surface area (Å²) in [6, 6.07) is 2.16. The molecule has 0 aromatic carbocycles. The summed E-state index contributed by atoms with van der Waals surface area (Å²) in [6.07, 6.45) is 5.91. The maximum Gasteiger partial charge on any atom is 0.225 e. The number of nitrogens with zero attached hydrogens (tertiary/aromatic N) is 5. The van der Waals surface area contributed by atoms with Crippen LogP contribution in [0.2, 0.25) is 0 Å². The Morgan fingerprint density at radius 1 is 1.27 bits per heavy atom. The van der Waals surface area contributed by atoms with Gasteiger partial charge in [-0.25, -0.2) is 15.0 Å². The Bertz CT molecular complexity index is 494. The molecule has 0 atom stereocenters. The third kappa shape index (κ3) is 3.47. The van der Waals surface area contributed by atoms with Crippen molar-refractivity contribution in [3.8, 4) is 0 Å². The van der Waals surface area contributed by atoms with Gasteiger partial charge in [-0.2, -0.15) is 0 Å². The normalized spacial score (nSPS) is 26.0. The van der Waals surface area contributed by atoms with E-state index in [1.54, 1.807) is 12.4 Å². The van der Waals surface area contributed by atoms with Gasteiger partial charge in [-0.3, -0.25) is 0 Å². The van der Waals surface area contributed by atoms with Crippen LogP contribution in [0.15, 0.2) is 23.5 Å². The summed E-state index contributed by atoms with van der Waals surface area (Å²) in [6.45, 7) is 6.25. The molecular weight excluding hydrogens is 280 g/mol. The summed E-state index contributed by atoms with van der Waals surface area (Å²) in [7, 11) is 0. The fourth-order valence-electron chi connectivity index (χ4n) is 2.87. The maximum absolute atomic E-state index is 6.15. The number of hydrogen-bond donors (Lipinski definition) is 1. The third-order valence-corrected chi connectivity index (χ3v) is 4.23. The molecule has 2 aliphatic rings. The van der Waals surface area contributed by atoms with Gasteiger partial charge in [-0.15, -0.1) is 0 Å². The van der Waals surface area contributed by atoms with Crippen molar-refractivity contribution in [2.24, 2.45) is 10.7 Å². The first-order chi connectivity index (χ1) is 10.8. The zero-order valence-corrected chi connectivity index (χ0v) is 13.1. The number of ether oxygens (including phenoxy) is 1. The number of guanidine groups is 1. The fourth-order valence-corrected chi connectivity index (χ4v) is 2.87. The second kappa shape index (κ2) is 6.91. The maximum atomic E-state index is 6.15. The molecule has 0 unspecified atom stereocenters. The van der Waals surface area contributed by atoms with Gasteiger partial charge in [-0.05, 0) is 25.8 Å². The highest BCUT2D eigenvalue weighted by Gasteiger charge is 2.30. The van der Waals surface area contributed by atoms with Gasteiger partial charge in [0.15, 0.2) is 5.96 Å². The van der Waals surface area contributed by atoms with Crippen LogP contribution in [0.25, 0.3) is 0 Å². The molecule has 120 valence electrons. The van der Waals surface area contributed by atoms with Gasteiger partial charge in [-0.1, -0.05) is 0 Å². The molecule has 0 radical (unpaired) electrons. The van der Waals surface area contributed by atoms with Crippen LogP contribution in [0.1, 0.15) is 19.8 Å². The van der Waals surface area contributed by atoms with Gasteiger partial charge in [0.2, 0.25) is 5.95 Å². The van der Waals surface area contributed by atoms with Crippen molar-refractivity contribution in [3.63, 3.8) is 0 Å². The van der Waals surface area contributed by atoms with E-state index in [-0.39, 0.29) is 0 Å². The summed E-state index contributed by atoms with van der Waals surface area (Å²) in [5.41, 5.74) is 6.15. The standard InChI is InChI=1S/C15H24N6O/c1-2-22-13-10-12(11-13)19-14(16)20-6-8-21(9-7-20)15-17-4-3-5-18-15/h3-5,12-13H,2,6-11H2,1H3,(H2,16,19). The van der Waals surface area contributed by atoms with Crippen LogP contribution in [0, 0.1) is 0 Å². The molecule has 7 nitrogen and oxygen atoms in total. The Kier molecular flexibility index (Phi) is 4.72. The van der Waals surface area contributed by atoms with Gasteiger partial charge < -0.3 is 20.3 Å². The molecule has 2 fully saturated rings. The van der Waals surface area contributed by atoms with Crippen LogP contribution in [0.4, 0.5) is 5.95 Å². The number of anilines is 1. The molecule has 3 rings (SSSR count). The smallest absolute Gasteiger partial charge is 0.225 e. The molecular formula is C15H24N6O. The summed E-state index contributed by atoms with van der Waals surface area (Å²) < 4.78 is 5.55. The van der Waals surface area contributed by atoms with Crippen LogP contribution in [0.5, 0.6) is 0 Å². The zero-order valence-electron chi connectivity index (χ0n) is 13.1. The number of aromatic nitrogens is 2. The molecule has 1 saturated heterocycles. The number of nitrogens with two attached hydrogens (primary N) is 1. The highest BCUT2D eigenvalue weighted by Crippen LogP contribution is 2.26. The van der Waals surface area contributed by atoms with Crippen LogP contribution in [-0.2, 0) is 4.74 Å². The molecule has 1 aliphatic carbocycles. The number of hydrogen-bond acceptors (Lipinski definition) is 5. The lowest BCUT2D eigenvalue weighted by Crippen LogP contribution is -2.52. The minimum absolute atomic E-state index is 0.326. The average molecular weight is 304 g/mol. The molecule has 2 N–H and O–H groups in total. The van der Waals surface area contributed by atoms with Gasteiger partial charge >= 0.3 is 0 Å². The lowest BCUT2D eigenvalue weighted by Gasteiger charge is -2.37. The lowest BCUT2D eigenvalue weighted by atomic mass is 9.90. The monoisotopic (exact) mass is 304 g/mol. The quantitative estimate of drug-likeness (QED) is 0.644. The number of piperazine rings is 1. The Morgan fingerprint density at radius 2 is 1.95 bits per heavy atom. The van der Waals surface area contributed by atoms with Gasteiger partial charge in [0, 0.05) is 45.2 Å². The fraction of sp³-hybridized carbons (Fsp3) is 0.667. The summed E-state index contributed by atoms with van der Waals surface area (Å²) in [5.74, 6) is 1.45. The van der Waals surface area contributed by atoms with Crippen molar-refractivity contribution < 1.29 is 4.74 Å². The van der Waals surface area contributed by atoms with Crippen molar-refractivity contribution in [1.82, 2.24) is 14.9 Å². The van der Waals surface area contributed by atoms with E-state index in [9.17, 15) is 0 Å². The molecule has 1 aliphatic heterocycles. The van der Waals surface area contributed by atoms with E-state index in [2.05, 4.69) is 24.8 Å². The molecule has 0 amide bonds. The molecule has 1 saturated carbocycles. The van der Waals surface area contributed by atoms with Crippen LogP contribution < -0.4 is 10.6 Å². The van der Waals surface area contributed by atoms with Crippen LogP contribution in [-0.4, -0.2) is 65.8 Å². The first-order valence-corrected chi connectivity index (χ1v) is 7.98. The number of aliphatic imine (C=N–C) groups is 1. The predicted molar refractivity (Wildman–Crippen MR) is 85.9 cm³/mol. The van der Waals surface area contributed by atoms with E-state index in [0.717, 1.165) is 51.6 Å². The zero-order chi connectivity index (χ0) is 15.4. The van der Waals surface area contributed by atoms with Crippen molar-refractivity contribution in [2.45, 2.75) is 31.9 Å². The first kappa shape index (κ1) is 15.0. The van der Waals surface area contributed by atoms with Crippen molar-refractivity contribution in [2.75, 3.05) is 37.7 Å². The Labute approximate surface area is 131 Å². The second-order valence-corrected chi connectivity index (χ2v) is 5.71. The highest BCUT2D eigenvalue weighted by molar-refractivity contribution is 5.78. The second-order valence-electron chi connectivity index (χ2n) is 5.71. The van der Waals surface area contributed by atoms with E-state index in [4.69, 9.17) is 10.5 Å². The molecule has 22 heavy (non-hydrogen) atoms. The van der Waals surface area contributed by atoms with Gasteiger partial charge in [0.1, 0.15) is 0 Å². The highest BCUT2D eigenvalue weighted by atomic mass is 16.5. The summed E-state index contributed by atoms with van der Waals surface area (Å²) >= 11 is 0. The van der Waals surface area contributed by atoms with E-state index in [1.165, 1.54) is 0 Å². The molecule has 7 heteroatoms. The largest absolute Gasteiger partial charge is 0.378 e. The van der Waals surface area contributed by atoms with E-state index in [1.807, 2.05) is 13.0 Å². The Morgan fingerprint density at radius 3 is 2.59 bits per heavy atom. The van der Waals surface area contributed by atoms with Crippen LogP contribution in [0.3, 0.4) is 0 Å². The predicted octanol–water partition coefficient (Wildman–Crippen LogP) is 0.481. The van der Waals surface area contributed by atoms with Crippen molar-refractivity contribution in [3.05, 3.63) is 18.5 Å².